The summed E-state index contributed by atoms with van der Waals surface area (Å²) in [6.45, 7) is 3.75. The monoisotopic (exact) mass is 272 g/mol. The molecular weight excluding hydrogens is 248 g/mol. The smallest absolute Gasteiger partial charge is 0.0991 e. The van der Waals surface area contributed by atoms with Crippen LogP contribution < -0.4 is 5.32 Å². The van der Waals surface area contributed by atoms with Gasteiger partial charge in [-0.25, -0.2) is 0 Å². The Morgan fingerprint density at radius 3 is 2.90 bits per heavy atom. The summed E-state index contributed by atoms with van der Waals surface area (Å²) >= 11 is 0. The van der Waals surface area contributed by atoms with E-state index in [4.69, 9.17) is 10.00 Å². The van der Waals surface area contributed by atoms with Gasteiger partial charge in [0.1, 0.15) is 0 Å². The summed E-state index contributed by atoms with van der Waals surface area (Å²) in [7, 11) is 0. The molecule has 0 bridgehead atoms. The molecule has 1 saturated carbocycles. The van der Waals surface area contributed by atoms with Crippen LogP contribution in [0.5, 0.6) is 0 Å². The predicted octanol–water partition coefficient (Wildman–Crippen LogP) is 3.56. The van der Waals surface area contributed by atoms with Gasteiger partial charge in [0.25, 0.3) is 0 Å². The van der Waals surface area contributed by atoms with Gasteiger partial charge in [-0.05, 0) is 37.5 Å². The molecule has 1 N–H and O–H groups in total. The topological polar surface area (TPSA) is 45.0 Å². The summed E-state index contributed by atoms with van der Waals surface area (Å²) in [5.74, 6) is 0. The van der Waals surface area contributed by atoms with Gasteiger partial charge < -0.3 is 10.1 Å². The summed E-state index contributed by atoms with van der Waals surface area (Å²) in [4.78, 5) is 0. The third-order valence-corrected chi connectivity index (χ3v) is 3.97. The van der Waals surface area contributed by atoms with Crippen LogP contribution >= 0.6 is 0 Å². The van der Waals surface area contributed by atoms with Crippen molar-refractivity contribution in [1.29, 1.82) is 5.26 Å². The lowest BCUT2D eigenvalue weighted by atomic mass is 9.98. The molecule has 1 fully saturated rings. The normalized spacial score (nSPS) is 17.6. The fourth-order valence-electron chi connectivity index (χ4n) is 2.73. The van der Waals surface area contributed by atoms with Gasteiger partial charge in [0, 0.05) is 12.6 Å². The van der Waals surface area contributed by atoms with Crippen LogP contribution in [0.3, 0.4) is 0 Å². The minimum absolute atomic E-state index is 0.248. The lowest BCUT2D eigenvalue weighted by molar-refractivity contribution is 0.0295. The molecule has 0 radical (unpaired) electrons. The molecule has 1 unspecified atom stereocenters. The van der Waals surface area contributed by atoms with Crippen LogP contribution in [0.4, 0.5) is 0 Å². The van der Waals surface area contributed by atoms with E-state index in [1.807, 2.05) is 18.2 Å². The Hall–Kier alpha value is -1.37. The molecular formula is C17H24N2O. The van der Waals surface area contributed by atoms with Crippen molar-refractivity contribution in [2.24, 2.45) is 0 Å². The fraction of sp³-hybridized carbons (Fsp3) is 0.588. The minimum atomic E-state index is 0.248. The highest BCUT2D eigenvalue weighted by Gasteiger charge is 2.13. The maximum Gasteiger partial charge on any atom is 0.0991 e. The molecule has 20 heavy (non-hydrogen) atoms. The van der Waals surface area contributed by atoms with Crippen molar-refractivity contribution in [2.45, 2.75) is 51.2 Å². The Morgan fingerprint density at radius 1 is 1.35 bits per heavy atom. The quantitative estimate of drug-likeness (QED) is 0.805. The Kier molecular flexibility index (Phi) is 6.04. The summed E-state index contributed by atoms with van der Waals surface area (Å²) in [6.07, 6.45) is 6.91. The van der Waals surface area contributed by atoms with Crippen molar-refractivity contribution in [3.05, 3.63) is 35.4 Å². The summed E-state index contributed by atoms with van der Waals surface area (Å²) in [5.41, 5.74) is 1.87. The van der Waals surface area contributed by atoms with Crippen LogP contribution in [0.25, 0.3) is 0 Å². The third-order valence-electron chi connectivity index (χ3n) is 3.97. The molecule has 108 valence electrons. The van der Waals surface area contributed by atoms with Crippen LogP contribution in [0.15, 0.2) is 24.3 Å². The average Bonchev–Trinajstić information content (AvgIpc) is 2.52. The SMILES string of the molecule is CC(NCCOC1CCCCC1)c1cccc(C#N)c1. The first kappa shape index (κ1) is 15.0. The highest BCUT2D eigenvalue weighted by Crippen LogP contribution is 2.20. The van der Waals surface area contributed by atoms with Gasteiger partial charge in [-0.15, -0.1) is 0 Å². The summed E-state index contributed by atoms with van der Waals surface area (Å²) in [6, 6.07) is 10.2. The molecule has 2 rings (SSSR count). The first-order valence-electron chi connectivity index (χ1n) is 7.64. The number of hydrogen-bond donors (Lipinski definition) is 1. The van der Waals surface area contributed by atoms with Crippen LogP contribution in [0, 0.1) is 11.3 Å². The third kappa shape index (κ3) is 4.63. The van der Waals surface area contributed by atoms with Gasteiger partial charge in [-0.2, -0.15) is 5.26 Å². The molecule has 1 aromatic rings. The first-order chi connectivity index (χ1) is 9.79. The van der Waals surface area contributed by atoms with Crippen molar-refractivity contribution in [3.63, 3.8) is 0 Å². The molecule has 1 aliphatic carbocycles. The molecule has 0 aromatic heterocycles. The second-order valence-corrected chi connectivity index (χ2v) is 5.54. The van der Waals surface area contributed by atoms with Gasteiger partial charge in [0.15, 0.2) is 0 Å². The zero-order valence-corrected chi connectivity index (χ0v) is 12.3. The number of nitrogens with zero attached hydrogens (tertiary/aromatic N) is 1. The van der Waals surface area contributed by atoms with E-state index in [0.29, 0.717) is 6.10 Å². The molecule has 1 atom stereocenters. The Balaban J connectivity index is 1.69. The molecule has 0 saturated heterocycles. The second-order valence-electron chi connectivity index (χ2n) is 5.54. The van der Waals surface area contributed by atoms with Gasteiger partial charge in [0.05, 0.1) is 24.3 Å². The Morgan fingerprint density at radius 2 is 2.15 bits per heavy atom. The summed E-state index contributed by atoms with van der Waals surface area (Å²) in [5, 5.41) is 12.4. The maximum atomic E-state index is 8.91. The number of hydrogen-bond acceptors (Lipinski definition) is 3. The van der Waals surface area contributed by atoms with Crippen molar-refractivity contribution < 1.29 is 4.74 Å². The van der Waals surface area contributed by atoms with Crippen LogP contribution in [0.2, 0.25) is 0 Å². The molecule has 1 aliphatic rings. The Labute approximate surface area is 121 Å². The Bertz CT molecular complexity index is 447. The zero-order chi connectivity index (χ0) is 14.2. The van der Waals surface area contributed by atoms with Crippen molar-refractivity contribution in [1.82, 2.24) is 5.32 Å². The highest BCUT2D eigenvalue weighted by atomic mass is 16.5. The maximum absolute atomic E-state index is 8.91. The van der Waals surface area contributed by atoms with E-state index >= 15 is 0 Å². The van der Waals surface area contributed by atoms with E-state index in [1.165, 1.54) is 32.1 Å². The van der Waals surface area contributed by atoms with E-state index in [1.54, 1.807) is 0 Å². The minimum Gasteiger partial charge on any atom is -0.377 e. The highest BCUT2D eigenvalue weighted by molar-refractivity contribution is 5.33. The number of ether oxygens (including phenoxy) is 1. The number of benzene rings is 1. The average molecular weight is 272 g/mol. The zero-order valence-electron chi connectivity index (χ0n) is 12.3. The van der Waals surface area contributed by atoms with E-state index in [2.05, 4.69) is 24.4 Å². The lowest BCUT2D eigenvalue weighted by Gasteiger charge is -2.22. The first-order valence-corrected chi connectivity index (χ1v) is 7.64. The fourth-order valence-corrected chi connectivity index (χ4v) is 2.73. The van der Waals surface area contributed by atoms with E-state index in [0.717, 1.165) is 24.3 Å². The lowest BCUT2D eigenvalue weighted by Crippen LogP contribution is -2.26. The standard InChI is InChI=1S/C17H24N2O/c1-14(16-7-5-6-15(12-16)13-18)19-10-11-20-17-8-3-2-4-9-17/h5-7,12,14,17,19H,2-4,8-11H2,1H3. The van der Waals surface area contributed by atoms with Crippen LogP contribution in [-0.4, -0.2) is 19.3 Å². The molecule has 0 heterocycles. The number of nitrogens with one attached hydrogen (secondary N) is 1. The van der Waals surface area contributed by atoms with Gasteiger partial charge in [-0.1, -0.05) is 31.4 Å². The molecule has 0 amide bonds. The van der Waals surface area contributed by atoms with Gasteiger partial charge in [0.2, 0.25) is 0 Å². The van der Waals surface area contributed by atoms with Crippen molar-refractivity contribution in [3.8, 4) is 6.07 Å². The van der Waals surface area contributed by atoms with Gasteiger partial charge in [-0.3, -0.25) is 0 Å². The molecule has 3 heteroatoms. The van der Waals surface area contributed by atoms with Crippen molar-refractivity contribution >= 4 is 0 Å². The largest absolute Gasteiger partial charge is 0.377 e. The number of nitriles is 1. The van der Waals surface area contributed by atoms with Crippen molar-refractivity contribution in [2.75, 3.05) is 13.2 Å². The van der Waals surface area contributed by atoms with Gasteiger partial charge >= 0.3 is 0 Å². The molecule has 0 spiro atoms. The predicted molar refractivity (Wildman–Crippen MR) is 80.4 cm³/mol. The van der Waals surface area contributed by atoms with Crippen LogP contribution in [-0.2, 0) is 4.74 Å². The second kappa shape index (κ2) is 8.04. The molecule has 3 nitrogen and oxygen atoms in total. The molecule has 0 aliphatic heterocycles. The van der Waals surface area contributed by atoms with E-state index in [9.17, 15) is 0 Å². The van der Waals surface area contributed by atoms with Crippen LogP contribution in [0.1, 0.15) is 56.2 Å². The molecule has 1 aromatic carbocycles. The van der Waals surface area contributed by atoms with E-state index < -0.39 is 0 Å². The summed E-state index contributed by atoms with van der Waals surface area (Å²) < 4.78 is 5.90. The number of rotatable bonds is 6. The van der Waals surface area contributed by atoms with E-state index in [-0.39, 0.29) is 6.04 Å².